The molecule has 1 aliphatic heterocycles. The fraction of sp³-hybridized carbons (Fsp3) is 0.389. The number of benzene rings is 1. The van der Waals surface area contributed by atoms with Gasteiger partial charge in [-0.2, -0.15) is 0 Å². The van der Waals surface area contributed by atoms with Crippen LogP contribution in [-0.2, 0) is 0 Å². The number of anilines is 1. The van der Waals surface area contributed by atoms with Crippen molar-refractivity contribution in [1.29, 1.82) is 0 Å². The fourth-order valence-electron chi connectivity index (χ4n) is 3.06. The highest BCUT2D eigenvalue weighted by atomic mass is 19.1. The molecule has 23 heavy (non-hydrogen) atoms. The Hall–Kier alpha value is -2.30. The Labute approximate surface area is 135 Å². The normalized spacial score (nSPS) is 18.0. The average molecular weight is 313 g/mol. The van der Waals surface area contributed by atoms with Crippen LogP contribution in [0.15, 0.2) is 30.5 Å². The van der Waals surface area contributed by atoms with E-state index in [1.807, 2.05) is 13.8 Å². The third kappa shape index (κ3) is 3.38. The van der Waals surface area contributed by atoms with Crippen molar-refractivity contribution in [2.45, 2.75) is 26.7 Å². The molecule has 0 radical (unpaired) electrons. The number of aromatic nitrogens is 2. The Morgan fingerprint density at radius 3 is 2.74 bits per heavy atom. The maximum absolute atomic E-state index is 13.0. The molecule has 1 fully saturated rings. The third-order valence-electron chi connectivity index (χ3n) is 4.27. The van der Waals surface area contributed by atoms with E-state index in [0.29, 0.717) is 12.1 Å². The van der Waals surface area contributed by atoms with Crippen LogP contribution < -0.4 is 4.90 Å². The topological polar surface area (TPSA) is 46.1 Å². The average Bonchev–Trinajstić information content (AvgIpc) is 2.57. The summed E-state index contributed by atoms with van der Waals surface area (Å²) in [5.41, 5.74) is 2.33. The second-order valence-electron chi connectivity index (χ2n) is 6.08. The van der Waals surface area contributed by atoms with E-state index < -0.39 is 0 Å². The minimum absolute atomic E-state index is 0.0768. The van der Waals surface area contributed by atoms with Crippen LogP contribution in [0.1, 0.15) is 34.6 Å². The summed E-state index contributed by atoms with van der Waals surface area (Å²) in [6.45, 7) is 5.37. The Morgan fingerprint density at radius 1 is 1.26 bits per heavy atom. The third-order valence-corrected chi connectivity index (χ3v) is 4.27. The highest BCUT2D eigenvalue weighted by molar-refractivity contribution is 5.98. The highest BCUT2D eigenvalue weighted by Gasteiger charge is 2.28. The van der Waals surface area contributed by atoms with Crippen LogP contribution in [0.25, 0.3) is 0 Å². The van der Waals surface area contributed by atoms with Crippen molar-refractivity contribution in [3.8, 4) is 0 Å². The predicted octanol–water partition coefficient (Wildman–Crippen LogP) is 3.33. The van der Waals surface area contributed by atoms with Crippen LogP contribution in [0.5, 0.6) is 0 Å². The molecule has 1 aliphatic rings. The molecular weight excluding hydrogens is 293 g/mol. The van der Waals surface area contributed by atoms with Crippen molar-refractivity contribution in [1.82, 2.24) is 9.97 Å². The van der Waals surface area contributed by atoms with Crippen LogP contribution >= 0.6 is 0 Å². The number of hydrogen-bond acceptors (Lipinski definition) is 4. The Balaban J connectivity index is 1.79. The van der Waals surface area contributed by atoms with Crippen LogP contribution in [0.4, 0.5) is 10.2 Å². The van der Waals surface area contributed by atoms with Crippen LogP contribution in [0.2, 0.25) is 0 Å². The second-order valence-corrected chi connectivity index (χ2v) is 6.08. The van der Waals surface area contributed by atoms with E-state index >= 15 is 0 Å². The lowest BCUT2D eigenvalue weighted by molar-refractivity contribution is 0.0907. The number of carbonyl (C=O) groups is 1. The van der Waals surface area contributed by atoms with Crippen molar-refractivity contribution in [3.63, 3.8) is 0 Å². The molecule has 4 nitrogen and oxygen atoms in total. The molecule has 0 N–H and O–H groups in total. The summed E-state index contributed by atoms with van der Waals surface area (Å²) in [4.78, 5) is 23.7. The molecule has 2 aromatic rings. The van der Waals surface area contributed by atoms with Crippen molar-refractivity contribution in [2.24, 2.45) is 5.92 Å². The first-order chi connectivity index (χ1) is 11.0. The van der Waals surface area contributed by atoms with E-state index in [4.69, 9.17) is 0 Å². The molecule has 0 spiro atoms. The van der Waals surface area contributed by atoms with Gasteiger partial charge in [0.25, 0.3) is 0 Å². The largest absolute Gasteiger partial charge is 0.354 e. The number of aryl methyl sites for hydroxylation is 2. The Morgan fingerprint density at radius 2 is 2.00 bits per heavy atom. The molecule has 2 heterocycles. The molecule has 1 aromatic heterocycles. The molecule has 1 unspecified atom stereocenters. The van der Waals surface area contributed by atoms with Gasteiger partial charge in [-0.25, -0.2) is 9.37 Å². The monoisotopic (exact) mass is 313 g/mol. The maximum atomic E-state index is 13.0. The SMILES string of the molecule is Cc1cnc(C)c(N2CCCC(C(=O)c3ccc(F)cc3)C2)n1. The number of carbonyl (C=O) groups excluding carboxylic acids is 1. The molecule has 1 saturated heterocycles. The van der Waals surface area contributed by atoms with Gasteiger partial charge in [0.2, 0.25) is 0 Å². The number of rotatable bonds is 3. The maximum Gasteiger partial charge on any atom is 0.167 e. The quantitative estimate of drug-likeness (QED) is 0.815. The summed E-state index contributed by atoms with van der Waals surface area (Å²) in [7, 11) is 0. The van der Waals surface area contributed by atoms with Crippen molar-refractivity contribution in [3.05, 3.63) is 53.2 Å². The zero-order valence-electron chi connectivity index (χ0n) is 13.4. The molecule has 1 aromatic carbocycles. The molecule has 1 atom stereocenters. The zero-order valence-corrected chi connectivity index (χ0v) is 13.4. The van der Waals surface area contributed by atoms with Gasteiger partial charge >= 0.3 is 0 Å². The minimum atomic E-state index is -0.322. The van der Waals surface area contributed by atoms with E-state index in [9.17, 15) is 9.18 Å². The lowest BCUT2D eigenvalue weighted by atomic mass is 9.90. The summed E-state index contributed by atoms with van der Waals surface area (Å²) in [6.07, 6.45) is 3.54. The van der Waals surface area contributed by atoms with Crippen molar-refractivity contribution in [2.75, 3.05) is 18.0 Å². The summed E-state index contributed by atoms with van der Waals surface area (Å²) < 4.78 is 13.0. The van der Waals surface area contributed by atoms with E-state index in [1.165, 1.54) is 12.1 Å². The summed E-state index contributed by atoms with van der Waals surface area (Å²) in [5.74, 6) is 0.531. The molecule has 0 saturated carbocycles. The highest BCUT2D eigenvalue weighted by Crippen LogP contribution is 2.26. The van der Waals surface area contributed by atoms with Gasteiger partial charge < -0.3 is 4.90 Å². The lowest BCUT2D eigenvalue weighted by Crippen LogP contribution is -2.39. The predicted molar refractivity (Wildman–Crippen MR) is 87.2 cm³/mol. The first kappa shape index (κ1) is 15.6. The van der Waals surface area contributed by atoms with Crippen LogP contribution in [0, 0.1) is 25.6 Å². The Bertz CT molecular complexity index is 715. The van der Waals surface area contributed by atoms with E-state index in [-0.39, 0.29) is 17.5 Å². The minimum Gasteiger partial charge on any atom is -0.354 e. The van der Waals surface area contributed by atoms with Gasteiger partial charge in [-0.1, -0.05) is 0 Å². The number of hydrogen-bond donors (Lipinski definition) is 0. The first-order valence-electron chi connectivity index (χ1n) is 7.89. The van der Waals surface area contributed by atoms with E-state index in [1.54, 1.807) is 18.3 Å². The van der Waals surface area contributed by atoms with Gasteiger partial charge in [0, 0.05) is 30.8 Å². The van der Waals surface area contributed by atoms with E-state index in [2.05, 4.69) is 14.9 Å². The number of Topliss-reactive ketones (excluding diaryl/α,β-unsaturated/α-hetero) is 1. The molecule has 120 valence electrons. The van der Waals surface area contributed by atoms with Crippen molar-refractivity contribution < 1.29 is 9.18 Å². The summed E-state index contributed by atoms with van der Waals surface area (Å²) in [6, 6.07) is 5.80. The van der Waals surface area contributed by atoms with Gasteiger partial charge in [-0.05, 0) is 51.0 Å². The van der Waals surface area contributed by atoms with Gasteiger partial charge in [0.1, 0.15) is 11.6 Å². The Kier molecular flexibility index (Phi) is 4.37. The molecule has 0 amide bonds. The second kappa shape index (κ2) is 6.44. The standard InChI is InChI=1S/C18H20FN3O/c1-12-10-20-13(2)18(21-12)22-9-3-4-15(11-22)17(23)14-5-7-16(19)8-6-14/h5-8,10,15H,3-4,9,11H2,1-2H3. The lowest BCUT2D eigenvalue weighted by Gasteiger charge is -2.33. The van der Waals surface area contributed by atoms with Crippen LogP contribution in [-0.4, -0.2) is 28.8 Å². The van der Waals surface area contributed by atoms with Crippen LogP contribution in [0.3, 0.4) is 0 Å². The number of nitrogens with zero attached hydrogens (tertiary/aromatic N) is 3. The molecule has 0 aliphatic carbocycles. The molecule has 5 heteroatoms. The molecule has 3 rings (SSSR count). The number of ketones is 1. The van der Waals surface area contributed by atoms with Crippen molar-refractivity contribution >= 4 is 11.6 Å². The van der Waals surface area contributed by atoms with Gasteiger partial charge in [-0.15, -0.1) is 0 Å². The fourth-order valence-corrected chi connectivity index (χ4v) is 3.06. The van der Waals surface area contributed by atoms with Gasteiger partial charge in [0.15, 0.2) is 5.78 Å². The summed E-state index contributed by atoms with van der Waals surface area (Å²) in [5, 5.41) is 0. The van der Waals surface area contributed by atoms with E-state index in [0.717, 1.165) is 36.6 Å². The summed E-state index contributed by atoms with van der Waals surface area (Å²) >= 11 is 0. The van der Waals surface area contributed by atoms with Gasteiger partial charge in [-0.3, -0.25) is 9.78 Å². The molecule has 0 bridgehead atoms. The molecular formula is C18H20FN3O. The van der Waals surface area contributed by atoms with Gasteiger partial charge in [0.05, 0.1) is 11.4 Å². The smallest absolute Gasteiger partial charge is 0.167 e. The zero-order chi connectivity index (χ0) is 16.4. The number of halogens is 1. The first-order valence-corrected chi connectivity index (χ1v) is 7.89. The number of piperidine rings is 1.